The third kappa shape index (κ3) is 2.38. The molecule has 5 rings (SSSR count). The van der Waals surface area contributed by atoms with Crippen molar-refractivity contribution in [2.24, 2.45) is 11.3 Å². The van der Waals surface area contributed by atoms with Crippen LogP contribution in [0.2, 0.25) is 0 Å². The minimum Gasteiger partial charge on any atom is -0.508 e. The predicted molar refractivity (Wildman–Crippen MR) is 106 cm³/mol. The number of hydrogen-bond donors (Lipinski definition) is 1. The number of aliphatic hydroxyl groups excluding tert-OH is 1. The Balaban J connectivity index is 1.59. The lowest BCUT2D eigenvalue weighted by Gasteiger charge is -2.55. The molecule has 2 saturated heterocycles. The number of esters is 1. The van der Waals surface area contributed by atoms with Gasteiger partial charge in [-0.1, -0.05) is 18.1 Å². The van der Waals surface area contributed by atoms with E-state index in [1.165, 1.54) is 22.3 Å². The maximum atomic E-state index is 11.7. The Labute approximate surface area is 167 Å². The van der Waals surface area contributed by atoms with Gasteiger partial charge in [0, 0.05) is 36.3 Å². The van der Waals surface area contributed by atoms with Crippen LogP contribution in [0.5, 0.6) is 0 Å². The molecule has 2 bridgehead atoms. The lowest BCUT2D eigenvalue weighted by molar-refractivity contribution is -0.142. The summed E-state index contributed by atoms with van der Waals surface area (Å²) in [6, 6.07) is 0.533. The van der Waals surface area contributed by atoms with Crippen LogP contribution in [0.3, 0.4) is 0 Å². The van der Waals surface area contributed by atoms with Gasteiger partial charge in [-0.2, -0.15) is 0 Å². The summed E-state index contributed by atoms with van der Waals surface area (Å²) in [6.45, 7) is 5.49. The minimum absolute atomic E-state index is 0.00622. The van der Waals surface area contributed by atoms with Gasteiger partial charge < -0.3 is 19.5 Å². The molecule has 0 saturated carbocycles. The van der Waals surface area contributed by atoms with Gasteiger partial charge in [-0.05, 0) is 57.7 Å². The molecule has 2 fully saturated rings. The highest BCUT2D eigenvalue weighted by atomic mass is 16.5. The number of likely N-dealkylation sites (tertiary alicyclic amines) is 1. The molecule has 0 aromatic heterocycles. The number of hydrogen-bond acceptors (Lipinski definition) is 5. The standard InChI is InChI=1S/C23H31NO4/c1-4-20(26)27-12-15-11-19-23-7-8-24(3)17(16(23)9-13(15)2)10-14-5-6-18(25)22(28-19)21(14)23/h16-17,19,25H,4-12H2,1-3H3. The zero-order valence-electron chi connectivity index (χ0n) is 17.2. The number of ether oxygens (including phenoxy) is 2. The van der Waals surface area contributed by atoms with Crippen molar-refractivity contribution in [1.82, 2.24) is 4.90 Å². The fraction of sp³-hybridized carbons (Fsp3) is 0.696. The Morgan fingerprint density at radius 3 is 2.93 bits per heavy atom. The summed E-state index contributed by atoms with van der Waals surface area (Å²) in [5.74, 6) is 1.59. The number of piperidine rings is 1. The van der Waals surface area contributed by atoms with E-state index in [2.05, 4.69) is 18.9 Å². The van der Waals surface area contributed by atoms with E-state index in [4.69, 9.17) is 9.47 Å². The van der Waals surface area contributed by atoms with E-state index in [9.17, 15) is 9.90 Å². The molecule has 28 heavy (non-hydrogen) atoms. The number of nitrogens with zero attached hydrogens (tertiary/aromatic N) is 1. The SMILES string of the molecule is CCC(=O)OCC1=C(C)CC2C3CC4=C5C(=C(O)CC4)OC(C1)C52CCN3C. The molecular weight excluding hydrogens is 354 g/mol. The summed E-state index contributed by atoms with van der Waals surface area (Å²) < 4.78 is 12.1. The fourth-order valence-corrected chi connectivity index (χ4v) is 6.58. The fourth-order valence-electron chi connectivity index (χ4n) is 6.58. The Kier molecular flexibility index (Phi) is 4.17. The quantitative estimate of drug-likeness (QED) is 0.587. The largest absolute Gasteiger partial charge is 0.508 e. The zero-order chi connectivity index (χ0) is 19.6. The third-order valence-electron chi connectivity index (χ3n) is 8.09. The number of rotatable bonds is 3. The van der Waals surface area contributed by atoms with Gasteiger partial charge in [0.05, 0.1) is 0 Å². The van der Waals surface area contributed by atoms with E-state index in [1.54, 1.807) is 0 Å². The molecule has 2 aliphatic heterocycles. The van der Waals surface area contributed by atoms with Gasteiger partial charge in [-0.3, -0.25) is 4.79 Å². The monoisotopic (exact) mass is 385 g/mol. The van der Waals surface area contributed by atoms with E-state index in [1.807, 2.05) is 6.92 Å². The molecule has 0 amide bonds. The maximum Gasteiger partial charge on any atom is 0.305 e. The van der Waals surface area contributed by atoms with Crippen LogP contribution in [0, 0.1) is 11.3 Å². The molecule has 0 aromatic rings. The van der Waals surface area contributed by atoms with Crippen LogP contribution in [0.4, 0.5) is 0 Å². The highest BCUT2D eigenvalue weighted by molar-refractivity contribution is 5.69. The van der Waals surface area contributed by atoms with Crippen molar-refractivity contribution in [1.29, 1.82) is 0 Å². The highest BCUT2D eigenvalue weighted by Gasteiger charge is 2.64. The van der Waals surface area contributed by atoms with Gasteiger partial charge in [0.2, 0.25) is 0 Å². The summed E-state index contributed by atoms with van der Waals surface area (Å²) >= 11 is 0. The van der Waals surface area contributed by atoms with Gasteiger partial charge in [0.25, 0.3) is 0 Å². The second kappa shape index (κ2) is 6.38. The van der Waals surface area contributed by atoms with Crippen LogP contribution in [0.25, 0.3) is 0 Å². The van der Waals surface area contributed by atoms with E-state index in [-0.39, 0.29) is 17.5 Å². The number of aliphatic hydroxyl groups is 1. The molecule has 0 aromatic carbocycles. The summed E-state index contributed by atoms with van der Waals surface area (Å²) in [7, 11) is 2.26. The van der Waals surface area contributed by atoms with Crippen molar-refractivity contribution in [2.45, 2.75) is 70.9 Å². The summed E-state index contributed by atoms with van der Waals surface area (Å²) in [5.41, 5.74) is 5.45. The first-order valence-corrected chi connectivity index (χ1v) is 10.8. The Morgan fingerprint density at radius 2 is 2.14 bits per heavy atom. The van der Waals surface area contributed by atoms with Crippen LogP contribution in [0.15, 0.2) is 33.8 Å². The first-order chi connectivity index (χ1) is 13.5. The van der Waals surface area contributed by atoms with Crippen LogP contribution < -0.4 is 0 Å². The second-order valence-electron chi connectivity index (χ2n) is 9.32. The average Bonchev–Trinajstić information content (AvgIpc) is 2.95. The Morgan fingerprint density at radius 1 is 1.32 bits per heavy atom. The summed E-state index contributed by atoms with van der Waals surface area (Å²) in [4.78, 5) is 14.3. The normalized spacial score (nSPS) is 36.9. The lowest BCUT2D eigenvalue weighted by atomic mass is 9.54. The zero-order valence-corrected chi connectivity index (χ0v) is 17.2. The van der Waals surface area contributed by atoms with Gasteiger partial charge in [-0.25, -0.2) is 0 Å². The Bertz CT molecular complexity index is 822. The Hall–Kier alpha value is -1.75. The number of allylic oxidation sites excluding steroid dienone is 3. The predicted octanol–water partition coefficient (Wildman–Crippen LogP) is 4.02. The van der Waals surface area contributed by atoms with Crippen LogP contribution >= 0.6 is 0 Å². The minimum atomic E-state index is -0.148. The van der Waals surface area contributed by atoms with Crippen molar-refractivity contribution < 1.29 is 19.4 Å². The topological polar surface area (TPSA) is 59.0 Å². The number of carbonyl (C=O) groups is 1. The first-order valence-electron chi connectivity index (χ1n) is 10.8. The molecule has 2 heterocycles. The molecule has 4 unspecified atom stereocenters. The van der Waals surface area contributed by atoms with Crippen molar-refractivity contribution in [2.75, 3.05) is 20.2 Å². The van der Waals surface area contributed by atoms with Crippen LogP contribution in [-0.4, -0.2) is 48.3 Å². The van der Waals surface area contributed by atoms with Crippen molar-refractivity contribution in [3.8, 4) is 0 Å². The van der Waals surface area contributed by atoms with Crippen molar-refractivity contribution >= 4 is 5.97 Å². The molecule has 1 spiro atoms. The maximum absolute atomic E-state index is 11.7. The van der Waals surface area contributed by atoms with Gasteiger partial charge in [0.15, 0.2) is 5.76 Å². The van der Waals surface area contributed by atoms with Crippen molar-refractivity contribution in [3.63, 3.8) is 0 Å². The molecule has 4 atom stereocenters. The van der Waals surface area contributed by atoms with E-state index in [0.29, 0.717) is 37.2 Å². The molecule has 0 radical (unpaired) electrons. The molecule has 5 heteroatoms. The molecule has 3 aliphatic carbocycles. The number of carbonyl (C=O) groups excluding carboxylic acids is 1. The van der Waals surface area contributed by atoms with Gasteiger partial charge >= 0.3 is 5.97 Å². The van der Waals surface area contributed by atoms with Gasteiger partial charge in [0.1, 0.15) is 18.5 Å². The molecule has 1 N–H and O–H groups in total. The average molecular weight is 386 g/mol. The second-order valence-corrected chi connectivity index (χ2v) is 9.32. The van der Waals surface area contributed by atoms with E-state index < -0.39 is 0 Å². The lowest BCUT2D eigenvalue weighted by Crippen LogP contribution is -2.58. The first kappa shape index (κ1) is 18.3. The van der Waals surface area contributed by atoms with E-state index in [0.717, 1.165) is 44.4 Å². The highest BCUT2D eigenvalue weighted by Crippen LogP contribution is 2.66. The van der Waals surface area contributed by atoms with Crippen molar-refractivity contribution in [3.05, 3.63) is 33.8 Å². The third-order valence-corrected chi connectivity index (χ3v) is 8.09. The molecule has 5 nitrogen and oxygen atoms in total. The van der Waals surface area contributed by atoms with Crippen LogP contribution in [-0.2, 0) is 14.3 Å². The van der Waals surface area contributed by atoms with Gasteiger partial charge in [-0.15, -0.1) is 0 Å². The molecular formula is C23H31NO4. The molecule has 5 aliphatic rings. The smallest absolute Gasteiger partial charge is 0.305 e. The summed E-state index contributed by atoms with van der Waals surface area (Å²) in [6.07, 6.45) is 6.12. The van der Waals surface area contributed by atoms with Crippen LogP contribution in [0.1, 0.15) is 58.8 Å². The van der Waals surface area contributed by atoms with E-state index >= 15 is 0 Å². The summed E-state index contributed by atoms with van der Waals surface area (Å²) in [5, 5.41) is 10.6. The molecule has 152 valence electrons.